The average molecular weight is 394 g/mol. The lowest BCUT2D eigenvalue weighted by atomic mass is 9.98. The highest BCUT2D eigenvalue weighted by Crippen LogP contribution is 2.35. The standard InChI is InChI=1S/C21H26N6O2/c1-21(2,29)18-12-27(26-25-18)17-7-3-13(4-8-17)9-16(11-22)24-20(28)19-14-5-6-15(10-14)23-19/h3-4,7-8,12,14-16,19,23,29H,5-6,9-10H2,1-2H3,(H,24,28)/t14?,15-,16+,19+/m1/s1. The van der Waals surface area contributed by atoms with Gasteiger partial charge in [-0.3, -0.25) is 4.79 Å². The second kappa shape index (κ2) is 7.58. The molecule has 8 heteroatoms. The van der Waals surface area contributed by atoms with E-state index in [0.29, 0.717) is 24.1 Å². The predicted molar refractivity (Wildman–Crippen MR) is 106 cm³/mol. The van der Waals surface area contributed by atoms with Crippen molar-refractivity contribution in [3.63, 3.8) is 0 Å². The molecule has 1 saturated carbocycles. The van der Waals surface area contributed by atoms with Crippen molar-refractivity contribution in [2.45, 2.75) is 63.3 Å². The Kier molecular flexibility index (Phi) is 5.11. The Bertz CT molecular complexity index is 924. The molecule has 2 aliphatic rings. The summed E-state index contributed by atoms with van der Waals surface area (Å²) in [5.41, 5.74) is 1.19. The molecule has 2 bridgehead atoms. The first-order valence-corrected chi connectivity index (χ1v) is 10.0. The molecule has 0 spiro atoms. The van der Waals surface area contributed by atoms with Crippen LogP contribution in [0.2, 0.25) is 0 Å². The summed E-state index contributed by atoms with van der Waals surface area (Å²) in [6, 6.07) is 9.51. The molecular weight excluding hydrogens is 368 g/mol. The number of nitrogens with one attached hydrogen (secondary N) is 2. The van der Waals surface area contributed by atoms with E-state index >= 15 is 0 Å². The zero-order chi connectivity index (χ0) is 20.6. The summed E-state index contributed by atoms with van der Waals surface area (Å²) in [7, 11) is 0. The molecule has 1 amide bonds. The van der Waals surface area contributed by atoms with Crippen molar-refractivity contribution in [1.29, 1.82) is 5.26 Å². The van der Waals surface area contributed by atoms with Crippen LogP contribution in [-0.2, 0) is 16.8 Å². The Labute approximate surface area is 169 Å². The van der Waals surface area contributed by atoms with E-state index in [0.717, 1.165) is 30.5 Å². The minimum Gasteiger partial charge on any atom is -0.384 e. The molecule has 1 aliphatic carbocycles. The third kappa shape index (κ3) is 4.16. The van der Waals surface area contributed by atoms with E-state index in [1.54, 1.807) is 24.7 Å². The van der Waals surface area contributed by atoms with Crippen LogP contribution in [-0.4, -0.2) is 44.1 Å². The number of nitrogens with zero attached hydrogens (tertiary/aromatic N) is 4. The summed E-state index contributed by atoms with van der Waals surface area (Å²) in [5, 5.41) is 33.8. The lowest BCUT2D eigenvalue weighted by Crippen LogP contribution is -2.50. The van der Waals surface area contributed by atoms with E-state index in [9.17, 15) is 15.2 Å². The van der Waals surface area contributed by atoms with Gasteiger partial charge in [-0.15, -0.1) is 5.10 Å². The van der Waals surface area contributed by atoms with E-state index in [-0.39, 0.29) is 11.9 Å². The Balaban J connectivity index is 1.38. The fourth-order valence-electron chi connectivity index (χ4n) is 4.23. The number of hydrogen-bond acceptors (Lipinski definition) is 6. The number of carbonyl (C=O) groups is 1. The molecule has 3 N–H and O–H groups in total. The number of nitriles is 1. The van der Waals surface area contributed by atoms with Gasteiger partial charge in [0.05, 0.1) is 24.0 Å². The van der Waals surface area contributed by atoms with Gasteiger partial charge in [0.15, 0.2) is 0 Å². The largest absolute Gasteiger partial charge is 0.384 e. The maximum absolute atomic E-state index is 12.6. The first-order valence-electron chi connectivity index (χ1n) is 10.0. The minimum absolute atomic E-state index is 0.0675. The quantitative estimate of drug-likeness (QED) is 0.678. The predicted octanol–water partition coefficient (Wildman–Crippen LogP) is 1.19. The number of aromatic nitrogens is 3. The van der Waals surface area contributed by atoms with Crippen LogP contribution in [0, 0.1) is 17.2 Å². The summed E-state index contributed by atoms with van der Waals surface area (Å²) in [5.74, 6) is 0.331. The second-order valence-corrected chi connectivity index (χ2v) is 8.58. The van der Waals surface area contributed by atoms with Crippen LogP contribution in [0.3, 0.4) is 0 Å². The number of amides is 1. The van der Waals surface area contributed by atoms with Crippen LogP contribution in [0.5, 0.6) is 0 Å². The Hall–Kier alpha value is -2.76. The smallest absolute Gasteiger partial charge is 0.238 e. The number of aliphatic hydroxyl groups is 1. The van der Waals surface area contributed by atoms with Crippen molar-refractivity contribution >= 4 is 5.91 Å². The van der Waals surface area contributed by atoms with Crippen LogP contribution in [0.4, 0.5) is 0 Å². The summed E-state index contributed by atoms with van der Waals surface area (Å²) < 4.78 is 1.60. The zero-order valence-corrected chi connectivity index (χ0v) is 16.7. The summed E-state index contributed by atoms with van der Waals surface area (Å²) in [4.78, 5) is 12.6. The zero-order valence-electron chi connectivity index (χ0n) is 16.7. The van der Waals surface area contributed by atoms with Gasteiger partial charge < -0.3 is 15.7 Å². The lowest BCUT2D eigenvalue weighted by Gasteiger charge is -2.23. The van der Waals surface area contributed by atoms with Gasteiger partial charge in [-0.05, 0) is 56.7 Å². The van der Waals surface area contributed by atoms with Gasteiger partial charge in [0.1, 0.15) is 17.3 Å². The highest BCUT2D eigenvalue weighted by molar-refractivity contribution is 5.83. The van der Waals surface area contributed by atoms with E-state index in [4.69, 9.17) is 0 Å². The summed E-state index contributed by atoms with van der Waals surface area (Å²) in [6.07, 6.45) is 5.43. The summed E-state index contributed by atoms with van der Waals surface area (Å²) >= 11 is 0. The molecule has 152 valence electrons. The molecule has 1 aromatic carbocycles. The van der Waals surface area contributed by atoms with Crippen molar-refractivity contribution in [3.05, 3.63) is 41.7 Å². The monoisotopic (exact) mass is 394 g/mol. The van der Waals surface area contributed by atoms with Crippen LogP contribution >= 0.6 is 0 Å². The Morgan fingerprint density at radius 3 is 2.72 bits per heavy atom. The molecule has 2 heterocycles. The van der Waals surface area contributed by atoms with Gasteiger partial charge in [0, 0.05) is 12.5 Å². The van der Waals surface area contributed by atoms with E-state index in [1.807, 2.05) is 24.3 Å². The van der Waals surface area contributed by atoms with Crippen molar-refractivity contribution in [1.82, 2.24) is 25.6 Å². The van der Waals surface area contributed by atoms with E-state index in [2.05, 4.69) is 27.0 Å². The number of carbonyl (C=O) groups excluding carboxylic acids is 1. The number of piperidine rings is 1. The topological polar surface area (TPSA) is 116 Å². The molecule has 2 aromatic rings. The van der Waals surface area contributed by atoms with Crippen molar-refractivity contribution in [3.8, 4) is 11.8 Å². The molecule has 1 unspecified atom stereocenters. The van der Waals surface area contributed by atoms with Gasteiger partial charge in [0.25, 0.3) is 0 Å². The maximum atomic E-state index is 12.6. The molecule has 1 saturated heterocycles. The SMILES string of the molecule is CC(C)(O)c1cn(-c2ccc(C[C@@H](C#N)NC(=O)[C@H]3N[C@@H]4CCC3C4)cc2)nn1. The molecule has 8 nitrogen and oxygen atoms in total. The Morgan fingerprint density at radius 1 is 1.41 bits per heavy atom. The highest BCUT2D eigenvalue weighted by atomic mass is 16.3. The summed E-state index contributed by atoms with van der Waals surface area (Å²) in [6.45, 7) is 3.32. The van der Waals surface area contributed by atoms with E-state index < -0.39 is 11.6 Å². The molecule has 1 aromatic heterocycles. The third-order valence-corrected chi connectivity index (χ3v) is 5.88. The van der Waals surface area contributed by atoms with Gasteiger partial charge in [0.2, 0.25) is 5.91 Å². The number of rotatable bonds is 6. The first-order chi connectivity index (χ1) is 13.8. The normalized spacial score (nSPS) is 24.3. The fourth-order valence-corrected chi connectivity index (χ4v) is 4.23. The van der Waals surface area contributed by atoms with Crippen molar-refractivity contribution < 1.29 is 9.90 Å². The molecule has 29 heavy (non-hydrogen) atoms. The van der Waals surface area contributed by atoms with Crippen molar-refractivity contribution in [2.75, 3.05) is 0 Å². The molecule has 0 radical (unpaired) electrons. The fraction of sp³-hybridized carbons (Fsp3) is 0.524. The van der Waals surface area contributed by atoms with Crippen LogP contribution in [0.15, 0.2) is 30.5 Å². The Morgan fingerprint density at radius 2 is 2.17 bits per heavy atom. The number of hydrogen-bond donors (Lipinski definition) is 3. The third-order valence-electron chi connectivity index (χ3n) is 5.88. The van der Waals surface area contributed by atoms with Gasteiger partial charge in [-0.1, -0.05) is 17.3 Å². The van der Waals surface area contributed by atoms with Gasteiger partial charge in [-0.25, -0.2) is 4.68 Å². The minimum atomic E-state index is -1.05. The average Bonchev–Trinajstić information content (AvgIpc) is 3.44. The molecule has 1 aliphatic heterocycles. The van der Waals surface area contributed by atoms with Gasteiger partial charge >= 0.3 is 0 Å². The molecule has 2 fully saturated rings. The maximum Gasteiger partial charge on any atom is 0.238 e. The second-order valence-electron chi connectivity index (χ2n) is 8.58. The number of benzene rings is 1. The van der Waals surface area contributed by atoms with E-state index in [1.165, 1.54) is 0 Å². The van der Waals surface area contributed by atoms with Crippen molar-refractivity contribution in [2.24, 2.45) is 5.92 Å². The van der Waals surface area contributed by atoms with Gasteiger partial charge in [-0.2, -0.15) is 5.26 Å². The number of fused-ring (bicyclic) bond motifs is 2. The molecular formula is C21H26N6O2. The lowest BCUT2D eigenvalue weighted by molar-refractivity contribution is -0.124. The first kappa shape index (κ1) is 19.6. The molecule has 4 atom stereocenters. The highest BCUT2D eigenvalue weighted by Gasteiger charge is 2.43. The van der Waals surface area contributed by atoms with Crippen LogP contribution in [0.1, 0.15) is 44.4 Å². The van der Waals surface area contributed by atoms with Crippen LogP contribution < -0.4 is 10.6 Å². The van der Waals surface area contributed by atoms with Crippen LogP contribution in [0.25, 0.3) is 5.69 Å². The molecule has 4 rings (SSSR count).